The number of ether oxygens (including phenoxy) is 1. The molecule has 0 bridgehead atoms. The first-order valence-electron chi connectivity index (χ1n) is 8.59. The van der Waals surface area contributed by atoms with Crippen molar-refractivity contribution in [2.24, 2.45) is 0 Å². The van der Waals surface area contributed by atoms with Gasteiger partial charge < -0.3 is 4.74 Å². The lowest BCUT2D eigenvalue weighted by molar-refractivity contribution is -0.140. The number of carbonyl (C=O) groups is 1. The Bertz CT molecular complexity index is 1150. The molecule has 0 aliphatic carbocycles. The van der Waals surface area contributed by atoms with Gasteiger partial charge in [-0.25, -0.2) is 0 Å². The standard InChI is InChI=1S/C23H16Br2O2/c24-14-27-22(26)13-20-21(25)12-16-7-2-4-10-18(16)23(20)19-11-5-8-15-6-1-3-9-17(15)19/h1-12H,13-14H2. The van der Waals surface area contributed by atoms with Crippen molar-refractivity contribution in [3.8, 4) is 11.1 Å². The van der Waals surface area contributed by atoms with Crippen LogP contribution in [0.3, 0.4) is 0 Å². The Labute approximate surface area is 174 Å². The summed E-state index contributed by atoms with van der Waals surface area (Å²) in [5, 5.41) is 4.59. The van der Waals surface area contributed by atoms with E-state index in [1.165, 1.54) is 10.8 Å². The Hall–Kier alpha value is -2.17. The fourth-order valence-corrected chi connectivity index (χ4v) is 4.38. The van der Waals surface area contributed by atoms with Gasteiger partial charge >= 0.3 is 5.97 Å². The summed E-state index contributed by atoms with van der Waals surface area (Å²) in [6.45, 7) is 0. The number of hydrogen-bond donors (Lipinski definition) is 0. The Kier molecular flexibility index (Phi) is 5.28. The van der Waals surface area contributed by atoms with Crippen molar-refractivity contribution in [1.29, 1.82) is 0 Å². The van der Waals surface area contributed by atoms with Crippen LogP contribution in [0, 0.1) is 0 Å². The Balaban J connectivity index is 2.06. The number of halogens is 2. The van der Waals surface area contributed by atoms with Crippen molar-refractivity contribution in [1.82, 2.24) is 0 Å². The van der Waals surface area contributed by atoms with Crippen LogP contribution < -0.4 is 0 Å². The third-order valence-electron chi connectivity index (χ3n) is 4.70. The molecule has 4 heteroatoms. The lowest BCUT2D eigenvalue weighted by Gasteiger charge is -2.17. The maximum atomic E-state index is 12.3. The molecule has 134 valence electrons. The minimum Gasteiger partial charge on any atom is -0.454 e. The first kappa shape index (κ1) is 18.2. The van der Waals surface area contributed by atoms with Crippen molar-refractivity contribution in [3.05, 3.63) is 82.8 Å². The van der Waals surface area contributed by atoms with Crippen LogP contribution in [0.25, 0.3) is 32.7 Å². The molecule has 4 aromatic rings. The first-order valence-corrected chi connectivity index (χ1v) is 10.5. The predicted octanol–water partition coefficient (Wildman–Crippen LogP) is 6.86. The number of fused-ring (bicyclic) bond motifs is 2. The van der Waals surface area contributed by atoms with Crippen molar-refractivity contribution in [2.75, 3.05) is 5.52 Å². The molecule has 0 aromatic heterocycles. The van der Waals surface area contributed by atoms with Gasteiger partial charge in [0.2, 0.25) is 0 Å². The van der Waals surface area contributed by atoms with Crippen LogP contribution >= 0.6 is 31.9 Å². The largest absolute Gasteiger partial charge is 0.454 e. The molecule has 0 heterocycles. The fourth-order valence-electron chi connectivity index (χ4n) is 3.54. The normalized spacial score (nSPS) is 11.0. The SMILES string of the molecule is O=C(Cc1c(Br)cc2ccccc2c1-c1cccc2ccccc12)OCBr. The monoisotopic (exact) mass is 482 g/mol. The Morgan fingerprint density at radius 1 is 0.852 bits per heavy atom. The molecule has 0 atom stereocenters. The highest BCUT2D eigenvalue weighted by Gasteiger charge is 2.18. The van der Waals surface area contributed by atoms with Gasteiger partial charge in [-0.15, -0.1) is 0 Å². The van der Waals surface area contributed by atoms with E-state index in [9.17, 15) is 4.79 Å². The minimum atomic E-state index is -0.260. The van der Waals surface area contributed by atoms with Crippen molar-refractivity contribution in [2.45, 2.75) is 6.42 Å². The quantitative estimate of drug-likeness (QED) is 0.234. The Morgan fingerprint density at radius 3 is 2.30 bits per heavy atom. The van der Waals surface area contributed by atoms with Gasteiger partial charge in [-0.2, -0.15) is 0 Å². The predicted molar refractivity (Wildman–Crippen MR) is 118 cm³/mol. The number of esters is 1. The van der Waals surface area contributed by atoms with Crippen LogP contribution in [0.1, 0.15) is 5.56 Å². The number of alkyl halides is 1. The second-order valence-corrected chi connectivity index (χ2v) is 7.57. The maximum Gasteiger partial charge on any atom is 0.311 e. The number of hydrogen-bond acceptors (Lipinski definition) is 2. The molecule has 0 radical (unpaired) electrons. The molecule has 0 aliphatic heterocycles. The lowest BCUT2D eigenvalue weighted by Crippen LogP contribution is -2.08. The number of rotatable bonds is 4. The second kappa shape index (κ2) is 7.83. The summed E-state index contributed by atoms with van der Waals surface area (Å²) < 4.78 is 6.06. The average molecular weight is 484 g/mol. The van der Waals surface area contributed by atoms with E-state index in [2.05, 4.69) is 80.4 Å². The molecule has 27 heavy (non-hydrogen) atoms. The van der Waals surface area contributed by atoms with E-state index < -0.39 is 0 Å². The van der Waals surface area contributed by atoms with Crippen molar-refractivity contribution < 1.29 is 9.53 Å². The molecule has 0 saturated carbocycles. The molecule has 4 aromatic carbocycles. The van der Waals surface area contributed by atoms with E-state index in [-0.39, 0.29) is 17.9 Å². The van der Waals surface area contributed by atoms with Crippen LogP contribution in [0.4, 0.5) is 0 Å². The summed E-state index contributed by atoms with van der Waals surface area (Å²) in [5.41, 5.74) is 3.33. The van der Waals surface area contributed by atoms with E-state index in [1.807, 2.05) is 24.3 Å². The van der Waals surface area contributed by atoms with Crippen molar-refractivity contribution >= 4 is 59.4 Å². The molecular weight excluding hydrogens is 468 g/mol. The van der Waals surface area contributed by atoms with Crippen LogP contribution in [-0.4, -0.2) is 11.5 Å². The number of carbonyl (C=O) groups excluding carboxylic acids is 1. The van der Waals surface area contributed by atoms with Crippen LogP contribution in [0.2, 0.25) is 0 Å². The maximum absolute atomic E-state index is 12.3. The summed E-state index contributed by atoms with van der Waals surface area (Å²) >= 11 is 6.85. The average Bonchev–Trinajstić information content (AvgIpc) is 2.68. The first-order chi connectivity index (χ1) is 13.2. The van der Waals surface area contributed by atoms with Gasteiger partial charge in [0.25, 0.3) is 0 Å². The zero-order valence-corrected chi connectivity index (χ0v) is 17.6. The van der Waals surface area contributed by atoms with Gasteiger partial charge in [-0.1, -0.05) is 82.7 Å². The molecule has 0 fully saturated rings. The molecule has 0 unspecified atom stereocenters. The summed E-state index contributed by atoms with van der Waals surface area (Å²) in [4.78, 5) is 12.3. The van der Waals surface area contributed by atoms with Gasteiger partial charge in [-0.05, 0) is 60.2 Å². The summed E-state index contributed by atoms with van der Waals surface area (Å²) in [6, 6.07) is 24.9. The van der Waals surface area contributed by atoms with Gasteiger partial charge in [0.05, 0.1) is 6.42 Å². The number of benzene rings is 4. The van der Waals surface area contributed by atoms with Crippen LogP contribution in [0.5, 0.6) is 0 Å². The van der Waals surface area contributed by atoms with Gasteiger partial charge in [0, 0.05) is 4.47 Å². The lowest BCUT2D eigenvalue weighted by atomic mass is 9.89. The van der Waals surface area contributed by atoms with Gasteiger partial charge in [0.15, 0.2) is 0 Å². The van der Waals surface area contributed by atoms with Gasteiger partial charge in [0.1, 0.15) is 5.52 Å². The van der Waals surface area contributed by atoms with Crippen LogP contribution in [-0.2, 0) is 16.0 Å². The smallest absolute Gasteiger partial charge is 0.311 e. The molecule has 2 nitrogen and oxygen atoms in total. The highest BCUT2D eigenvalue weighted by atomic mass is 79.9. The topological polar surface area (TPSA) is 26.3 Å². The molecule has 0 amide bonds. The van der Waals surface area contributed by atoms with E-state index in [0.717, 1.165) is 31.9 Å². The van der Waals surface area contributed by atoms with E-state index >= 15 is 0 Å². The molecule has 0 spiro atoms. The molecule has 0 N–H and O–H groups in total. The third kappa shape index (κ3) is 3.52. The van der Waals surface area contributed by atoms with Crippen LogP contribution in [0.15, 0.2) is 77.3 Å². The summed E-state index contributed by atoms with van der Waals surface area (Å²) in [6.07, 6.45) is 0.204. The van der Waals surface area contributed by atoms with E-state index in [0.29, 0.717) is 0 Å². The zero-order valence-electron chi connectivity index (χ0n) is 14.4. The third-order valence-corrected chi connectivity index (χ3v) is 5.63. The van der Waals surface area contributed by atoms with Crippen molar-refractivity contribution in [3.63, 3.8) is 0 Å². The summed E-state index contributed by atoms with van der Waals surface area (Å²) in [5.74, 6) is -0.260. The fraction of sp³-hybridized carbons (Fsp3) is 0.0870. The van der Waals surface area contributed by atoms with E-state index in [1.54, 1.807) is 0 Å². The molecule has 0 saturated heterocycles. The second-order valence-electron chi connectivity index (χ2n) is 6.26. The minimum absolute atomic E-state index is 0.195. The Morgan fingerprint density at radius 2 is 1.52 bits per heavy atom. The van der Waals surface area contributed by atoms with Gasteiger partial charge in [-0.3, -0.25) is 4.79 Å². The van der Waals surface area contributed by atoms with E-state index in [4.69, 9.17) is 4.74 Å². The highest BCUT2D eigenvalue weighted by Crippen LogP contribution is 2.40. The molecule has 4 rings (SSSR count). The molecular formula is C23H16Br2O2. The zero-order chi connectivity index (χ0) is 18.8. The molecule has 0 aliphatic rings. The summed E-state index contributed by atoms with van der Waals surface area (Å²) in [7, 11) is 0. The highest BCUT2D eigenvalue weighted by molar-refractivity contribution is 9.10.